The van der Waals surface area contributed by atoms with Crippen molar-refractivity contribution in [2.75, 3.05) is 0 Å². The van der Waals surface area contributed by atoms with Gasteiger partial charge in [0.25, 0.3) is 0 Å². The minimum atomic E-state index is -0.728. The van der Waals surface area contributed by atoms with Gasteiger partial charge in [0.05, 0.1) is 6.42 Å². The van der Waals surface area contributed by atoms with Crippen LogP contribution in [0.5, 0.6) is 0 Å². The maximum absolute atomic E-state index is 11.5. The van der Waals surface area contributed by atoms with Crippen LogP contribution in [0.2, 0.25) is 0 Å². The largest absolute Gasteiger partial charge is 0.481 e. The van der Waals surface area contributed by atoms with E-state index in [1.165, 1.54) is 27.7 Å². The molecule has 1 unspecified atom stereocenters. The van der Waals surface area contributed by atoms with E-state index in [1.807, 2.05) is 6.20 Å². The maximum Gasteiger partial charge on any atom is 0.304 e. The lowest BCUT2D eigenvalue weighted by Gasteiger charge is -2.24. The summed E-state index contributed by atoms with van der Waals surface area (Å²) < 4.78 is 3.39. The van der Waals surface area contributed by atoms with Crippen molar-refractivity contribution in [3.05, 3.63) is 76.2 Å². The molecule has 2 aromatic heterocycles. The van der Waals surface area contributed by atoms with Gasteiger partial charge in [0, 0.05) is 51.5 Å². The summed E-state index contributed by atoms with van der Waals surface area (Å²) in [6, 6.07) is 14.8. The topological polar surface area (TPSA) is 70.9 Å². The third kappa shape index (κ3) is 3.45. The molecule has 0 fully saturated rings. The van der Waals surface area contributed by atoms with Crippen LogP contribution in [0.4, 0.5) is 0 Å². The molecule has 2 heterocycles. The maximum atomic E-state index is 11.5. The zero-order valence-corrected chi connectivity index (χ0v) is 18.0. The van der Waals surface area contributed by atoms with Gasteiger partial charge in [0.15, 0.2) is 0 Å². The second-order valence-corrected chi connectivity index (χ2v) is 8.85. The summed E-state index contributed by atoms with van der Waals surface area (Å²) in [4.78, 5) is 19.0. The van der Waals surface area contributed by atoms with E-state index in [0.29, 0.717) is 0 Å². The number of aromatic nitrogens is 3. The van der Waals surface area contributed by atoms with Crippen molar-refractivity contribution >= 4 is 32.8 Å². The molecular weight excluding hydrogens is 442 g/mol. The molecule has 0 radical (unpaired) electrons. The van der Waals surface area contributed by atoms with Crippen LogP contribution in [0, 0.1) is 0 Å². The van der Waals surface area contributed by atoms with E-state index >= 15 is 0 Å². The molecule has 0 saturated carbocycles. The molecule has 5 rings (SSSR count). The summed E-state index contributed by atoms with van der Waals surface area (Å²) in [6.07, 6.45) is 6.72. The van der Waals surface area contributed by atoms with E-state index in [4.69, 9.17) is 0 Å². The van der Waals surface area contributed by atoms with E-state index < -0.39 is 5.97 Å². The Hall–Kier alpha value is -2.86. The van der Waals surface area contributed by atoms with E-state index in [0.717, 1.165) is 41.7 Å². The Morgan fingerprint density at radius 1 is 1.23 bits per heavy atom. The lowest BCUT2D eigenvalue weighted by atomic mass is 9.84. The summed E-state index contributed by atoms with van der Waals surface area (Å²) in [7, 11) is 0. The molecule has 5 nitrogen and oxygen atoms in total. The Kier molecular flexibility index (Phi) is 4.95. The van der Waals surface area contributed by atoms with Gasteiger partial charge in [-0.25, -0.2) is 4.98 Å². The molecule has 6 heteroatoms. The fraction of sp³-hybridized carbons (Fsp3) is 0.250. The molecule has 0 bridgehead atoms. The highest BCUT2D eigenvalue weighted by molar-refractivity contribution is 9.10. The van der Waals surface area contributed by atoms with Crippen LogP contribution in [-0.4, -0.2) is 25.6 Å². The Bertz CT molecular complexity index is 1210. The number of carbonyl (C=O) groups is 1. The summed E-state index contributed by atoms with van der Waals surface area (Å²) in [5.41, 5.74) is 5.93. The third-order valence-corrected chi connectivity index (χ3v) is 6.52. The lowest BCUT2D eigenvalue weighted by Crippen LogP contribution is -2.17. The van der Waals surface area contributed by atoms with Gasteiger partial charge in [-0.1, -0.05) is 40.2 Å². The Morgan fingerprint density at radius 3 is 2.80 bits per heavy atom. The quantitative estimate of drug-likeness (QED) is 0.396. The first-order valence-electron chi connectivity index (χ1n) is 10.2. The number of hydrogen-bond donors (Lipinski definition) is 2. The highest BCUT2D eigenvalue weighted by Gasteiger charge is 2.29. The molecule has 152 valence electrons. The van der Waals surface area contributed by atoms with E-state index in [2.05, 4.69) is 72.9 Å². The minimum absolute atomic E-state index is 0.0554. The molecule has 0 aliphatic heterocycles. The highest BCUT2D eigenvalue weighted by Crippen LogP contribution is 2.41. The second kappa shape index (κ2) is 7.76. The first-order chi connectivity index (χ1) is 14.6. The normalized spacial score (nSPS) is 16.0. The van der Waals surface area contributed by atoms with Crippen LogP contribution in [0.3, 0.4) is 0 Å². The molecule has 2 N–H and O–H groups in total. The number of aryl methyl sites for hydroxylation is 1. The van der Waals surface area contributed by atoms with Crippen LogP contribution in [0.25, 0.3) is 22.3 Å². The SMILES string of the molecule is O=C(O)CC1CCCc2c1n(Cc1ccc(-c3ncc[nH]3)cc1)c1ccc(Br)cc21. The van der Waals surface area contributed by atoms with Gasteiger partial charge in [0.2, 0.25) is 0 Å². The van der Waals surface area contributed by atoms with E-state index in [-0.39, 0.29) is 12.3 Å². The van der Waals surface area contributed by atoms with E-state index in [1.54, 1.807) is 6.20 Å². The summed E-state index contributed by atoms with van der Waals surface area (Å²) in [5, 5.41) is 10.7. The molecule has 1 aliphatic carbocycles. The number of aliphatic carboxylic acids is 1. The summed E-state index contributed by atoms with van der Waals surface area (Å²) in [6.45, 7) is 0.724. The average Bonchev–Trinajstić information content (AvgIpc) is 3.36. The number of carboxylic acids is 1. The number of nitrogens with zero attached hydrogens (tertiary/aromatic N) is 2. The lowest BCUT2D eigenvalue weighted by molar-refractivity contribution is -0.137. The van der Waals surface area contributed by atoms with Gasteiger partial charge in [-0.15, -0.1) is 0 Å². The average molecular weight is 464 g/mol. The first-order valence-corrected chi connectivity index (χ1v) is 11.0. The van der Waals surface area contributed by atoms with Crippen LogP contribution in [-0.2, 0) is 17.8 Å². The molecule has 0 amide bonds. The fourth-order valence-electron chi connectivity index (χ4n) is 4.76. The van der Waals surface area contributed by atoms with Gasteiger partial charge >= 0.3 is 5.97 Å². The molecule has 0 spiro atoms. The monoisotopic (exact) mass is 463 g/mol. The standard InChI is InChI=1S/C24H22BrN3O2/c25-18-8-9-21-20(13-18)19-3-1-2-17(12-22(29)30)23(19)28(21)14-15-4-6-16(7-5-15)24-26-10-11-27-24/h4-11,13,17H,1-3,12,14H2,(H,26,27)(H,29,30). The number of halogens is 1. The van der Waals surface area contributed by atoms with Gasteiger partial charge < -0.3 is 14.7 Å². The number of imidazole rings is 1. The molecular formula is C24H22BrN3O2. The number of fused-ring (bicyclic) bond motifs is 3. The molecule has 4 aromatic rings. The van der Waals surface area contributed by atoms with Crippen LogP contribution >= 0.6 is 15.9 Å². The Labute approximate surface area is 182 Å². The Morgan fingerprint density at radius 2 is 2.07 bits per heavy atom. The third-order valence-electron chi connectivity index (χ3n) is 6.03. The van der Waals surface area contributed by atoms with Crippen LogP contribution in [0.1, 0.15) is 42.0 Å². The number of benzene rings is 2. The first kappa shape index (κ1) is 19.1. The number of aromatic amines is 1. The highest BCUT2D eigenvalue weighted by atomic mass is 79.9. The number of hydrogen-bond acceptors (Lipinski definition) is 2. The van der Waals surface area contributed by atoms with Crippen molar-refractivity contribution in [3.63, 3.8) is 0 Å². The minimum Gasteiger partial charge on any atom is -0.481 e. The number of carboxylic acid groups (broad SMARTS) is 1. The molecule has 0 saturated heterocycles. The van der Waals surface area contributed by atoms with Crippen molar-refractivity contribution in [2.24, 2.45) is 0 Å². The fourth-order valence-corrected chi connectivity index (χ4v) is 5.12. The van der Waals surface area contributed by atoms with Gasteiger partial charge in [0.1, 0.15) is 5.82 Å². The van der Waals surface area contributed by atoms with Gasteiger partial charge in [-0.05, 0) is 48.6 Å². The summed E-state index contributed by atoms with van der Waals surface area (Å²) >= 11 is 3.61. The van der Waals surface area contributed by atoms with Crippen LogP contribution in [0.15, 0.2) is 59.3 Å². The summed E-state index contributed by atoms with van der Waals surface area (Å²) in [5.74, 6) is 0.185. The van der Waals surface area contributed by atoms with E-state index in [9.17, 15) is 9.90 Å². The molecule has 1 atom stereocenters. The second-order valence-electron chi connectivity index (χ2n) is 7.93. The molecule has 1 aliphatic rings. The van der Waals surface area contributed by atoms with Crippen LogP contribution < -0.4 is 0 Å². The van der Waals surface area contributed by atoms with Crippen molar-refractivity contribution in [1.29, 1.82) is 0 Å². The number of rotatable bonds is 5. The van der Waals surface area contributed by atoms with Gasteiger partial charge in [-0.2, -0.15) is 0 Å². The predicted molar refractivity (Wildman–Crippen MR) is 121 cm³/mol. The number of nitrogens with one attached hydrogen (secondary N) is 1. The number of H-pyrrole nitrogens is 1. The van der Waals surface area contributed by atoms with Crippen molar-refractivity contribution in [1.82, 2.24) is 14.5 Å². The zero-order valence-electron chi connectivity index (χ0n) is 16.4. The smallest absolute Gasteiger partial charge is 0.304 e. The predicted octanol–water partition coefficient (Wildman–Crippen LogP) is 5.74. The Balaban J connectivity index is 1.58. The molecule has 30 heavy (non-hydrogen) atoms. The zero-order chi connectivity index (χ0) is 20.7. The van der Waals surface area contributed by atoms with Gasteiger partial charge in [-0.3, -0.25) is 4.79 Å². The molecule has 2 aromatic carbocycles. The van der Waals surface area contributed by atoms with Crippen molar-refractivity contribution < 1.29 is 9.90 Å². The van der Waals surface area contributed by atoms with Crippen molar-refractivity contribution in [2.45, 2.75) is 38.1 Å². The van der Waals surface area contributed by atoms with Crippen molar-refractivity contribution in [3.8, 4) is 11.4 Å².